The third-order valence-corrected chi connectivity index (χ3v) is 5.64. The molecule has 2 aliphatic rings. The molecule has 1 saturated carbocycles. The summed E-state index contributed by atoms with van der Waals surface area (Å²) in [6.07, 6.45) is 0.772. The Hall–Kier alpha value is -2.31. The molecule has 2 heterocycles. The Labute approximate surface area is 150 Å². The molecule has 1 aromatic heterocycles. The maximum atomic E-state index is 13.5. The maximum Gasteiger partial charge on any atom is 0.434 e. The second-order valence-electron chi connectivity index (χ2n) is 7.18. The second kappa shape index (κ2) is 5.86. The SMILES string of the molecule is COc1ncnc(C(F)(F)F)c1-c1ccc2c(c1)C1(CCCC1)CN2C. The number of hydrogen-bond acceptors (Lipinski definition) is 4. The summed E-state index contributed by atoms with van der Waals surface area (Å²) in [4.78, 5) is 9.61. The molecular weight excluding hydrogens is 343 g/mol. The van der Waals surface area contributed by atoms with E-state index in [0.717, 1.165) is 49.8 Å². The number of nitrogens with zero attached hydrogens (tertiary/aromatic N) is 3. The van der Waals surface area contributed by atoms with E-state index in [4.69, 9.17) is 4.74 Å². The molecule has 2 aromatic rings. The molecule has 138 valence electrons. The largest absolute Gasteiger partial charge is 0.480 e. The molecule has 0 amide bonds. The number of methoxy groups -OCH3 is 1. The van der Waals surface area contributed by atoms with Crippen LogP contribution < -0.4 is 9.64 Å². The molecule has 0 bridgehead atoms. The third-order valence-electron chi connectivity index (χ3n) is 5.64. The highest BCUT2D eigenvalue weighted by Gasteiger charge is 2.44. The van der Waals surface area contributed by atoms with E-state index in [1.165, 1.54) is 7.11 Å². The lowest BCUT2D eigenvalue weighted by molar-refractivity contribution is -0.140. The average molecular weight is 363 g/mol. The van der Waals surface area contributed by atoms with E-state index in [-0.39, 0.29) is 16.9 Å². The summed E-state index contributed by atoms with van der Waals surface area (Å²) in [6.45, 7) is 0.917. The van der Waals surface area contributed by atoms with Crippen LogP contribution in [0.2, 0.25) is 0 Å². The van der Waals surface area contributed by atoms with Crippen LogP contribution in [0.1, 0.15) is 36.9 Å². The number of ether oxygens (including phenoxy) is 1. The highest BCUT2D eigenvalue weighted by atomic mass is 19.4. The highest BCUT2D eigenvalue weighted by molar-refractivity contribution is 5.77. The quantitative estimate of drug-likeness (QED) is 0.791. The Morgan fingerprint density at radius 1 is 1.15 bits per heavy atom. The first-order valence-electron chi connectivity index (χ1n) is 8.68. The second-order valence-corrected chi connectivity index (χ2v) is 7.18. The Morgan fingerprint density at radius 2 is 1.88 bits per heavy atom. The molecule has 0 saturated heterocycles. The van der Waals surface area contributed by atoms with E-state index < -0.39 is 11.9 Å². The van der Waals surface area contributed by atoms with Crippen LogP contribution in [0, 0.1) is 0 Å². The molecule has 1 aliphatic heterocycles. The van der Waals surface area contributed by atoms with E-state index in [1.807, 2.05) is 19.2 Å². The van der Waals surface area contributed by atoms with Gasteiger partial charge >= 0.3 is 6.18 Å². The zero-order valence-corrected chi connectivity index (χ0v) is 14.7. The van der Waals surface area contributed by atoms with Gasteiger partial charge in [-0.05, 0) is 36.1 Å². The van der Waals surface area contributed by atoms with Crippen LogP contribution in [0.5, 0.6) is 5.88 Å². The van der Waals surface area contributed by atoms with Crippen molar-refractivity contribution in [2.24, 2.45) is 0 Å². The van der Waals surface area contributed by atoms with Gasteiger partial charge in [-0.15, -0.1) is 0 Å². The minimum Gasteiger partial charge on any atom is -0.480 e. The summed E-state index contributed by atoms with van der Waals surface area (Å²) in [5, 5.41) is 0. The molecule has 7 heteroatoms. The summed E-state index contributed by atoms with van der Waals surface area (Å²) in [5.41, 5.74) is 1.68. The van der Waals surface area contributed by atoms with E-state index in [1.54, 1.807) is 6.07 Å². The summed E-state index contributed by atoms with van der Waals surface area (Å²) in [5.74, 6) is -0.0564. The zero-order valence-electron chi connectivity index (χ0n) is 14.7. The molecule has 1 aromatic carbocycles. The van der Waals surface area contributed by atoms with Crippen molar-refractivity contribution in [2.75, 3.05) is 25.6 Å². The van der Waals surface area contributed by atoms with Crippen molar-refractivity contribution in [1.29, 1.82) is 0 Å². The summed E-state index contributed by atoms with van der Waals surface area (Å²) >= 11 is 0. The van der Waals surface area contributed by atoms with Crippen LogP contribution >= 0.6 is 0 Å². The van der Waals surface area contributed by atoms with E-state index in [9.17, 15) is 13.2 Å². The molecule has 0 unspecified atom stereocenters. The third kappa shape index (κ3) is 2.52. The van der Waals surface area contributed by atoms with Gasteiger partial charge in [-0.1, -0.05) is 18.9 Å². The van der Waals surface area contributed by atoms with Crippen LogP contribution in [-0.2, 0) is 11.6 Å². The number of rotatable bonds is 2. The first-order chi connectivity index (χ1) is 12.4. The lowest BCUT2D eigenvalue weighted by Gasteiger charge is -2.24. The smallest absolute Gasteiger partial charge is 0.434 e. The van der Waals surface area contributed by atoms with Gasteiger partial charge in [0.15, 0.2) is 5.69 Å². The number of halogens is 3. The Bertz CT molecular complexity index is 844. The fourth-order valence-corrected chi connectivity index (χ4v) is 4.55. The van der Waals surface area contributed by atoms with Crippen molar-refractivity contribution in [3.05, 3.63) is 35.8 Å². The van der Waals surface area contributed by atoms with Gasteiger partial charge in [0.05, 0.1) is 12.7 Å². The van der Waals surface area contributed by atoms with Crippen molar-refractivity contribution >= 4 is 5.69 Å². The number of benzene rings is 1. The molecule has 0 radical (unpaired) electrons. The van der Waals surface area contributed by atoms with Crippen LogP contribution in [0.4, 0.5) is 18.9 Å². The number of anilines is 1. The maximum absolute atomic E-state index is 13.5. The van der Waals surface area contributed by atoms with Gasteiger partial charge in [0, 0.05) is 24.7 Å². The van der Waals surface area contributed by atoms with Gasteiger partial charge in [0.2, 0.25) is 5.88 Å². The van der Waals surface area contributed by atoms with Crippen LogP contribution in [0.15, 0.2) is 24.5 Å². The topological polar surface area (TPSA) is 38.3 Å². The summed E-state index contributed by atoms with van der Waals surface area (Å²) in [6, 6.07) is 5.50. The molecule has 1 fully saturated rings. The van der Waals surface area contributed by atoms with Crippen molar-refractivity contribution in [1.82, 2.24) is 9.97 Å². The van der Waals surface area contributed by atoms with Crippen LogP contribution in [0.3, 0.4) is 0 Å². The van der Waals surface area contributed by atoms with E-state index >= 15 is 0 Å². The standard InChI is InChI=1S/C19H20F3N3O/c1-25-10-18(7-3-4-8-18)13-9-12(5-6-14(13)25)15-16(19(20,21)22)23-11-24-17(15)26-2/h5-6,9,11H,3-4,7-8,10H2,1-2H3. The van der Waals surface area contributed by atoms with Gasteiger partial charge < -0.3 is 9.64 Å². The van der Waals surface area contributed by atoms with Crippen molar-refractivity contribution in [3.63, 3.8) is 0 Å². The molecule has 4 rings (SSSR count). The minimum atomic E-state index is -4.58. The van der Waals surface area contributed by atoms with Crippen LogP contribution in [-0.4, -0.2) is 30.7 Å². The van der Waals surface area contributed by atoms with Gasteiger partial charge in [0.1, 0.15) is 6.33 Å². The van der Waals surface area contributed by atoms with E-state index in [2.05, 4.69) is 14.9 Å². The Morgan fingerprint density at radius 3 is 2.54 bits per heavy atom. The molecule has 0 N–H and O–H groups in total. The number of likely N-dealkylation sites (N-methyl/N-ethyl adjacent to an activating group) is 1. The van der Waals surface area contributed by atoms with Gasteiger partial charge in [-0.25, -0.2) is 9.97 Å². The number of fused-ring (bicyclic) bond motifs is 2. The van der Waals surface area contributed by atoms with Crippen LogP contribution in [0.25, 0.3) is 11.1 Å². The molecule has 4 nitrogen and oxygen atoms in total. The monoisotopic (exact) mass is 363 g/mol. The molecule has 1 aliphatic carbocycles. The molecule has 26 heavy (non-hydrogen) atoms. The minimum absolute atomic E-state index is 0.0430. The van der Waals surface area contributed by atoms with Gasteiger partial charge in [0.25, 0.3) is 0 Å². The van der Waals surface area contributed by atoms with Crippen molar-refractivity contribution in [2.45, 2.75) is 37.3 Å². The molecule has 0 atom stereocenters. The summed E-state index contributed by atoms with van der Waals surface area (Å²) < 4.78 is 45.7. The van der Waals surface area contributed by atoms with Crippen molar-refractivity contribution < 1.29 is 17.9 Å². The highest BCUT2D eigenvalue weighted by Crippen LogP contribution is 2.51. The lowest BCUT2D eigenvalue weighted by Crippen LogP contribution is -2.28. The fraction of sp³-hybridized carbons (Fsp3) is 0.474. The van der Waals surface area contributed by atoms with E-state index in [0.29, 0.717) is 5.56 Å². The van der Waals surface area contributed by atoms with Gasteiger partial charge in [-0.3, -0.25) is 0 Å². The lowest BCUT2D eigenvalue weighted by atomic mass is 9.80. The molecule has 1 spiro atoms. The number of hydrogen-bond donors (Lipinski definition) is 0. The fourth-order valence-electron chi connectivity index (χ4n) is 4.55. The van der Waals surface area contributed by atoms with Gasteiger partial charge in [-0.2, -0.15) is 13.2 Å². The average Bonchev–Trinajstić information content (AvgIpc) is 3.19. The first-order valence-corrected chi connectivity index (χ1v) is 8.68. The Kier molecular flexibility index (Phi) is 3.86. The Balaban J connectivity index is 1.92. The number of alkyl halides is 3. The predicted molar refractivity (Wildman–Crippen MR) is 92.4 cm³/mol. The molecular formula is C19H20F3N3O. The predicted octanol–water partition coefficient (Wildman–Crippen LogP) is 4.43. The normalized spacial score (nSPS) is 18.4. The van der Waals surface area contributed by atoms with Crippen molar-refractivity contribution in [3.8, 4) is 17.0 Å². The number of aromatic nitrogens is 2. The first kappa shape index (κ1) is 17.1. The summed E-state index contributed by atoms with van der Waals surface area (Å²) in [7, 11) is 3.37. The zero-order chi connectivity index (χ0) is 18.5.